The minimum Gasteiger partial charge on any atom is -0.490 e. The molecule has 1 saturated carbocycles. The van der Waals surface area contributed by atoms with Crippen LogP contribution in [0.25, 0.3) is 0 Å². The number of likely N-dealkylation sites (N-methyl/N-ethyl adjacent to an activating group) is 1. The molecule has 0 aromatic heterocycles. The lowest BCUT2D eigenvalue weighted by atomic mass is 10.1. The Morgan fingerprint density at radius 3 is 2.54 bits per heavy atom. The lowest BCUT2D eigenvalue weighted by molar-refractivity contribution is 0.129. The molecule has 1 heterocycles. The summed E-state index contributed by atoms with van der Waals surface area (Å²) in [6, 6.07) is 11.4. The quantitative estimate of drug-likeness (QED) is 0.601. The molecule has 2 aliphatic rings. The highest BCUT2D eigenvalue weighted by Gasteiger charge is 2.29. The van der Waals surface area contributed by atoms with Gasteiger partial charge in [-0.2, -0.15) is 0 Å². The van der Waals surface area contributed by atoms with Gasteiger partial charge in [-0.15, -0.1) is 0 Å². The van der Waals surface area contributed by atoms with Gasteiger partial charge in [-0.1, -0.05) is 18.2 Å². The Kier molecular flexibility index (Phi) is 6.78. The van der Waals surface area contributed by atoms with E-state index in [0.29, 0.717) is 12.1 Å². The molecule has 1 aliphatic heterocycles. The number of guanidine groups is 1. The first-order valence-corrected chi connectivity index (χ1v) is 10.1. The van der Waals surface area contributed by atoms with Gasteiger partial charge in [0.2, 0.25) is 0 Å². The molecular weight excluding hydrogens is 324 g/mol. The number of hydrogen-bond donors (Lipinski definition) is 1. The first-order valence-electron chi connectivity index (χ1n) is 10.1. The maximum Gasteiger partial charge on any atom is 0.193 e. The summed E-state index contributed by atoms with van der Waals surface area (Å²) < 4.78 is 6.11. The monoisotopic (exact) mass is 358 g/mol. The molecule has 1 aliphatic carbocycles. The van der Waals surface area contributed by atoms with Crippen LogP contribution in [0.3, 0.4) is 0 Å². The predicted octanol–water partition coefficient (Wildman–Crippen LogP) is 2.98. The molecular formula is C21H34N4O. The maximum absolute atomic E-state index is 6.11. The van der Waals surface area contributed by atoms with Crippen molar-refractivity contribution in [2.75, 3.05) is 33.2 Å². The minimum atomic E-state index is 0.302. The second kappa shape index (κ2) is 9.26. The van der Waals surface area contributed by atoms with Crippen LogP contribution in [0.2, 0.25) is 0 Å². The zero-order chi connectivity index (χ0) is 18.4. The third kappa shape index (κ3) is 5.37. The number of hydrogen-bond acceptors (Lipinski definition) is 3. The van der Waals surface area contributed by atoms with Crippen molar-refractivity contribution in [3.8, 4) is 5.75 Å². The van der Waals surface area contributed by atoms with E-state index in [1.54, 1.807) is 0 Å². The van der Waals surface area contributed by atoms with E-state index in [2.05, 4.69) is 36.0 Å². The molecule has 3 rings (SSSR count). The Labute approximate surface area is 158 Å². The number of nitrogens with one attached hydrogen (secondary N) is 1. The summed E-state index contributed by atoms with van der Waals surface area (Å²) in [7, 11) is 2.23. The van der Waals surface area contributed by atoms with Gasteiger partial charge in [0.15, 0.2) is 5.96 Å². The number of aliphatic imine (C=N–C) groups is 1. The van der Waals surface area contributed by atoms with Crippen LogP contribution in [0.4, 0.5) is 0 Å². The van der Waals surface area contributed by atoms with Gasteiger partial charge in [0.05, 0.1) is 6.54 Å². The van der Waals surface area contributed by atoms with Crippen LogP contribution < -0.4 is 10.1 Å². The molecule has 5 nitrogen and oxygen atoms in total. The smallest absolute Gasteiger partial charge is 0.193 e. The van der Waals surface area contributed by atoms with Crippen LogP contribution in [-0.2, 0) is 0 Å². The summed E-state index contributed by atoms with van der Waals surface area (Å²) in [6.07, 6.45) is 5.07. The van der Waals surface area contributed by atoms with Crippen LogP contribution in [0, 0.1) is 0 Å². The second-order valence-electron chi connectivity index (χ2n) is 7.56. The van der Waals surface area contributed by atoms with Crippen molar-refractivity contribution in [3.63, 3.8) is 0 Å². The Morgan fingerprint density at radius 2 is 1.92 bits per heavy atom. The fourth-order valence-corrected chi connectivity index (χ4v) is 3.49. The Morgan fingerprint density at radius 1 is 1.23 bits per heavy atom. The standard InChI is InChI=1S/C21H34N4O/c1-4-22-21(23-16-17(2)24(3)18-10-11-18)25-14-12-20(13-15-25)26-19-8-6-5-7-9-19/h5-9,17-18,20H,4,10-16H2,1-3H3,(H,22,23). The molecule has 1 unspecified atom stereocenters. The molecule has 26 heavy (non-hydrogen) atoms. The van der Waals surface area contributed by atoms with E-state index in [9.17, 15) is 0 Å². The van der Waals surface area contributed by atoms with E-state index in [4.69, 9.17) is 9.73 Å². The van der Waals surface area contributed by atoms with Gasteiger partial charge in [-0.05, 0) is 45.9 Å². The first kappa shape index (κ1) is 19.0. The molecule has 0 radical (unpaired) electrons. The van der Waals surface area contributed by atoms with Crippen molar-refractivity contribution < 1.29 is 4.74 Å². The van der Waals surface area contributed by atoms with Crippen LogP contribution in [0.5, 0.6) is 5.75 Å². The average Bonchev–Trinajstić information content (AvgIpc) is 3.51. The molecule has 1 aromatic rings. The van der Waals surface area contributed by atoms with Gasteiger partial charge in [-0.3, -0.25) is 9.89 Å². The zero-order valence-corrected chi connectivity index (χ0v) is 16.5. The van der Waals surface area contributed by atoms with Gasteiger partial charge < -0.3 is 15.0 Å². The highest BCUT2D eigenvalue weighted by Crippen LogP contribution is 2.27. The third-order valence-electron chi connectivity index (χ3n) is 5.45. The van der Waals surface area contributed by atoms with E-state index in [1.807, 2.05) is 30.3 Å². The van der Waals surface area contributed by atoms with E-state index in [1.165, 1.54) is 12.8 Å². The van der Waals surface area contributed by atoms with Gasteiger partial charge in [0, 0.05) is 44.6 Å². The van der Waals surface area contributed by atoms with Crippen molar-refractivity contribution in [3.05, 3.63) is 30.3 Å². The minimum absolute atomic E-state index is 0.302. The van der Waals surface area contributed by atoms with Crippen molar-refractivity contribution in [1.29, 1.82) is 0 Å². The van der Waals surface area contributed by atoms with Gasteiger partial charge in [-0.25, -0.2) is 0 Å². The third-order valence-corrected chi connectivity index (χ3v) is 5.45. The molecule has 1 atom stereocenters. The normalized spacial score (nSPS) is 20.3. The number of benzene rings is 1. The summed E-state index contributed by atoms with van der Waals surface area (Å²) in [6.45, 7) is 8.18. The Bertz CT molecular complexity index is 565. The maximum atomic E-state index is 6.11. The fourth-order valence-electron chi connectivity index (χ4n) is 3.49. The van der Waals surface area contributed by atoms with Crippen molar-refractivity contribution in [1.82, 2.24) is 15.1 Å². The summed E-state index contributed by atoms with van der Waals surface area (Å²) in [5, 5.41) is 3.47. The molecule has 144 valence electrons. The summed E-state index contributed by atoms with van der Waals surface area (Å²) in [5.41, 5.74) is 0. The van der Waals surface area contributed by atoms with Crippen LogP contribution in [0.1, 0.15) is 39.5 Å². The molecule has 5 heteroatoms. The SMILES string of the molecule is CCNC(=NCC(C)N(C)C1CC1)N1CCC(Oc2ccccc2)CC1. The van der Waals surface area contributed by atoms with Gasteiger partial charge >= 0.3 is 0 Å². The zero-order valence-electron chi connectivity index (χ0n) is 16.5. The lowest BCUT2D eigenvalue weighted by Gasteiger charge is -2.34. The van der Waals surface area contributed by atoms with E-state index >= 15 is 0 Å². The number of ether oxygens (including phenoxy) is 1. The number of rotatable bonds is 7. The van der Waals surface area contributed by atoms with Gasteiger partial charge in [0.1, 0.15) is 11.9 Å². The first-order chi connectivity index (χ1) is 12.7. The van der Waals surface area contributed by atoms with Crippen molar-refractivity contribution >= 4 is 5.96 Å². The van der Waals surface area contributed by atoms with Crippen LogP contribution >= 0.6 is 0 Å². The number of piperidine rings is 1. The summed E-state index contributed by atoms with van der Waals surface area (Å²) in [5.74, 6) is 2.03. The highest BCUT2D eigenvalue weighted by molar-refractivity contribution is 5.80. The predicted molar refractivity (Wildman–Crippen MR) is 108 cm³/mol. The number of likely N-dealkylation sites (tertiary alicyclic amines) is 1. The number of para-hydroxylation sites is 1. The largest absolute Gasteiger partial charge is 0.490 e. The second-order valence-corrected chi connectivity index (χ2v) is 7.56. The van der Waals surface area contributed by atoms with Crippen molar-refractivity contribution in [2.45, 2.75) is 57.7 Å². The molecule has 1 aromatic carbocycles. The van der Waals surface area contributed by atoms with Crippen LogP contribution in [0.15, 0.2) is 35.3 Å². The molecule has 2 fully saturated rings. The van der Waals surface area contributed by atoms with E-state index in [-0.39, 0.29) is 0 Å². The Hall–Kier alpha value is -1.75. The summed E-state index contributed by atoms with van der Waals surface area (Å²) >= 11 is 0. The summed E-state index contributed by atoms with van der Waals surface area (Å²) in [4.78, 5) is 9.79. The van der Waals surface area contributed by atoms with Gasteiger partial charge in [0.25, 0.3) is 0 Å². The molecule has 1 saturated heterocycles. The molecule has 0 bridgehead atoms. The fraction of sp³-hybridized carbons (Fsp3) is 0.667. The van der Waals surface area contributed by atoms with E-state index < -0.39 is 0 Å². The van der Waals surface area contributed by atoms with E-state index in [0.717, 1.165) is 56.8 Å². The lowest BCUT2D eigenvalue weighted by Crippen LogP contribution is -2.48. The average molecular weight is 359 g/mol. The topological polar surface area (TPSA) is 40.1 Å². The molecule has 0 amide bonds. The highest BCUT2D eigenvalue weighted by atomic mass is 16.5. The van der Waals surface area contributed by atoms with Crippen LogP contribution in [-0.4, -0.2) is 67.2 Å². The molecule has 1 N–H and O–H groups in total. The number of nitrogens with zero attached hydrogens (tertiary/aromatic N) is 3. The van der Waals surface area contributed by atoms with Crippen molar-refractivity contribution in [2.24, 2.45) is 4.99 Å². The molecule has 0 spiro atoms. The Balaban J connectivity index is 1.50.